The fourth-order valence-electron chi connectivity index (χ4n) is 2.27. The van der Waals surface area contributed by atoms with Gasteiger partial charge in [-0.2, -0.15) is 0 Å². The van der Waals surface area contributed by atoms with Crippen molar-refractivity contribution in [1.82, 2.24) is 4.90 Å². The Labute approximate surface area is 112 Å². The zero-order valence-corrected chi connectivity index (χ0v) is 11.3. The number of hydrogen-bond acceptors (Lipinski definition) is 3. The number of anilines is 1. The molecule has 104 valence electrons. The van der Waals surface area contributed by atoms with Crippen LogP contribution in [-0.2, 0) is 4.79 Å². The Hall–Kier alpha value is -1.78. The minimum atomic E-state index is -0.411. The Kier molecular flexibility index (Phi) is 4.24. The van der Waals surface area contributed by atoms with E-state index in [1.165, 1.54) is 13.2 Å². The normalized spacial score (nSPS) is 16.3. The highest BCUT2D eigenvalue weighted by atomic mass is 19.1. The zero-order chi connectivity index (χ0) is 13.8. The van der Waals surface area contributed by atoms with Gasteiger partial charge in [-0.05, 0) is 31.9 Å². The number of carbonyl (C=O) groups is 1. The Morgan fingerprint density at radius 3 is 2.74 bits per heavy atom. The third-order valence-corrected chi connectivity index (χ3v) is 3.32. The van der Waals surface area contributed by atoms with Crippen molar-refractivity contribution >= 4 is 11.6 Å². The maximum absolute atomic E-state index is 13.3. The van der Waals surface area contributed by atoms with Gasteiger partial charge in [-0.3, -0.25) is 4.79 Å². The summed E-state index contributed by atoms with van der Waals surface area (Å²) < 4.78 is 18.2. The number of ether oxygens (including phenoxy) is 1. The van der Waals surface area contributed by atoms with Crippen molar-refractivity contribution in [2.45, 2.75) is 25.8 Å². The summed E-state index contributed by atoms with van der Waals surface area (Å²) in [5.41, 5.74) is 0.679. The molecular formula is C14H19FN2O2. The summed E-state index contributed by atoms with van der Waals surface area (Å²) >= 11 is 0. The van der Waals surface area contributed by atoms with Crippen LogP contribution >= 0.6 is 0 Å². The molecule has 0 bridgehead atoms. The van der Waals surface area contributed by atoms with E-state index < -0.39 is 5.82 Å². The quantitative estimate of drug-likeness (QED) is 0.909. The van der Waals surface area contributed by atoms with Gasteiger partial charge in [0.2, 0.25) is 5.91 Å². The third kappa shape index (κ3) is 3.16. The van der Waals surface area contributed by atoms with E-state index in [0.717, 1.165) is 25.9 Å². The van der Waals surface area contributed by atoms with Gasteiger partial charge < -0.3 is 15.0 Å². The molecule has 1 amide bonds. The largest absolute Gasteiger partial charge is 0.494 e. The molecule has 2 rings (SSSR count). The van der Waals surface area contributed by atoms with E-state index >= 15 is 0 Å². The van der Waals surface area contributed by atoms with Crippen LogP contribution in [0.1, 0.15) is 19.8 Å². The van der Waals surface area contributed by atoms with Crippen molar-refractivity contribution in [1.29, 1.82) is 0 Å². The number of rotatable bonds is 4. The summed E-state index contributed by atoms with van der Waals surface area (Å²) in [5.74, 6) is -0.154. The molecule has 0 spiro atoms. The minimum absolute atomic E-state index is 0.0841. The number of nitrogens with one attached hydrogen (secondary N) is 1. The fraction of sp³-hybridized carbons (Fsp3) is 0.500. The van der Waals surface area contributed by atoms with Gasteiger partial charge >= 0.3 is 0 Å². The first-order chi connectivity index (χ1) is 9.11. The molecule has 1 aromatic carbocycles. The number of nitrogens with zero attached hydrogens (tertiary/aromatic N) is 1. The number of likely N-dealkylation sites (tertiary alicyclic amines) is 1. The van der Waals surface area contributed by atoms with Gasteiger partial charge in [0.15, 0.2) is 11.6 Å². The molecule has 1 saturated heterocycles. The van der Waals surface area contributed by atoms with Gasteiger partial charge in [-0.25, -0.2) is 4.39 Å². The monoisotopic (exact) mass is 266 g/mol. The van der Waals surface area contributed by atoms with Crippen molar-refractivity contribution in [2.75, 3.05) is 25.5 Å². The summed E-state index contributed by atoms with van der Waals surface area (Å²) in [7, 11) is 1.42. The Balaban J connectivity index is 2.01. The molecule has 1 fully saturated rings. The molecule has 0 aliphatic carbocycles. The fourth-order valence-corrected chi connectivity index (χ4v) is 2.27. The highest BCUT2D eigenvalue weighted by molar-refractivity contribution is 5.84. The standard InChI is InChI=1S/C14H19FN2O2/c1-10(14(18)17-7-3-4-8-17)16-11-5-6-12(15)13(9-11)19-2/h5-6,9-10,16H,3-4,7-8H2,1-2H3. The number of hydrogen-bond donors (Lipinski definition) is 1. The summed E-state index contributed by atoms with van der Waals surface area (Å²) in [5, 5.41) is 3.08. The molecule has 1 heterocycles. The van der Waals surface area contributed by atoms with Crippen LogP contribution in [-0.4, -0.2) is 37.0 Å². The van der Waals surface area contributed by atoms with E-state index in [1.54, 1.807) is 12.1 Å². The van der Waals surface area contributed by atoms with Crippen molar-refractivity contribution in [3.63, 3.8) is 0 Å². The number of halogens is 1. The topological polar surface area (TPSA) is 41.6 Å². The molecule has 0 radical (unpaired) electrons. The van der Waals surface area contributed by atoms with E-state index in [-0.39, 0.29) is 17.7 Å². The van der Waals surface area contributed by atoms with E-state index in [1.807, 2.05) is 11.8 Å². The average Bonchev–Trinajstić information content (AvgIpc) is 2.94. The summed E-state index contributed by atoms with van der Waals surface area (Å²) in [6.45, 7) is 3.48. The number of carbonyl (C=O) groups excluding carboxylic acids is 1. The van der Waals surface area contributed by atoms with E-state index in [4.69, 9.17) is 4.74 Å². The Bertz CT molecular complexity index is 459. The maximum atomic E-state index is 13.3. The Morgan fingerprint density at radius 2 is 2.11 bits per heavy atom. The Morgan fingerprint density at radius 1 is 1.42 bits per heavy atom. The highest BCUT2D eigenvalue weighted by Crippen LogP contribution is 2.22. The minimum Gasteiger partial charge on any atom is -0.494 e. The van der Waals surface area contributed by atoms with Gasteiger partial charge in [-0.1, -0.05) is 0 Å². The first kappa shape index (κ1) is 13.6. The third-order valence-electron chi connectivity index (χ3n) is 3.32. The lowest BCUT2D eigenvalue weighted by atomic mass is 10.2. The first-order valence-corrected chi connectivity index (χ1v) is 6.50. The number of methoxy groups -OCH3 is 1. The van der Waals surface area contributed by atoms with Crippen LogP contribution in [0, 0.1) is 5.82 Å². The van der Waals surface area contributed by atoms with Gasteiger partial charge in [0.05, 0.1) is 7.11 Å². The second kappa shape index (κ2) is 5.91. The van der Waals surface area contributed by atoms with Crippen molar-refractivity contribution in [3.05, 3.63) is 24.0 Å². The van der Waals surface area contributed by atoms with Gasteiger partial charge in [-0.15, -0.1) is 0 Å². The molecule has 1 atom stereocenters. The molecular weight excluding hydrogens is 247 g/mol. The van der Waals surface area contributed by atoms with Crippen molar-refractivity contribution in [2.24, 2.45) is 0 Å². The van der Waals surface area contributed by atoms with Crippen LogP contribution in [0.4, 0.5) is 10.1 Å². The van der Waals surface area contributed by atoms with Gasteiger partial charge in [0.25, 0.3) is 0 Å². The van der Waals surface area contributed by atoms with E-state index in [2.05, 4.69) is 5.32 Å². The smallest absolute Gasteiger partial charge is 0.244 e. The van der Waals surface area contributed by atoms with Crippen LogP contribution in [0.3, 0.4) is 0 Å². The first-order valence-electron chi connectivity index (χ1n) is 6.50. The summed E-state index contributed by atoms with van der Waals surface area (Å²) in [6, 6.07) is 4.16. The van der Waals surface area contributed by atoms with Crippen molar-refractivity contribution < 1.29 is 13.9 Å². The van der Waals surface area contributed by atoms with E-state index in [0.29, 0.717) is 5.69 Å². The molecule has 1 N–H and O–H groups in total. The predicted molar refractivity (Wildman–Crippen MR) is 71.9 cm³/mol. The zero-order valence-electron chi connectivity index (χ0n) is 11.3. The average molecular weight is 266 g/mol. The maximum Gasteiger partial charge on any atom is 0.244 e. The SMILES string of the molecule is COc1cc(NC(C)C(=O)N2CCCC2)ccc1F. The van der Waals surface area contributed by atoms with Crippen LogP contribution in [0.15, 0.2) is 18.2 Å². The molecule has 1 aromatic rings. The van der Waals surface area contributed by atoms with Crippen LogP contribution < -0.4 is 10.1 Å². The van der Waals surface area contributed by atoms with Crippen LogP contribution in [0.2, 0.25) is 0 Å². The molecule has 19 heavy (non-hydrogen) atoms. The lowest BCUT2D eigenvalue weighted by molar-refractivity contribution is -0.130. The molecule has 4 nitrogen and oxygen atoms in total. The predicted octanol–water partition coefficient (Wildman–Crippen LogP) is 2.26. The van der Waals surface area contributed by atoms with Crippen LogP contribution in [0.25, 0.3) is 0 Å². The lowest BCUT2D eigenvalue weighted by Crippen LogP contribution is -2.39. The summed E-state index contributed by atoms with van der Waals surface area (Å²) in [4.78, 5) is 14.0. The molecule has 1 unspecified atom stereocenters. The highest BCUT2D eigenvalue weighted by Gasteiger charge is 2.23. The van der Waals surface area contributed by atoms with Crippen molar-refractivity contribution in [3.8, 4) is 5.75 Å². The van der Waals surface area contributed by atoms with E-state index in [9.17, 15) is 9.18 Å². The summed E-state index contributed by atoms with van der Waals surface area (Å²) in [6.07, 6.45) is 2.14. The molecule has 1 aliphatic heterocycles. The molecule has 1 aliphatic rings. The molecule has 0 aromatic heterocycles. The molecule has 5 heteroatoms. The number of benzene rings is 1. The van der Waals surface area contributed by atoms with Gasteiger partial charge in [0, 0.05) is 24.8 Å². The van der Waals surface area contributed by atoms with Crippen LogP contribution in [0.5, 0.6) is 5.75 Å². The van der Waals surface area contributed by atoms with Gasteiger partial charge in [0.1, 0.15) is 6.04 Å². The second-order valence-corrected chi connectivity index (χ2v) is 4.75. The number of amides is 1. The lowest BCUT2D eigenvalue weighted by Gasteiger charge is -2.22. The second-order valence-electron chi connectivity index (χ2n) is 4.75. The molecule has 0 saturated carbocycles.